The molecule has 0 amide bonds. The second-order valence-electron chi connectivity index (χ2n) is 9.17. The van der Waals surface area contributed by atoms with Gasteiger partial charge in [0.2, 0.25) is 15.9 Å². The number of rotatable bonds is 11. The lowest BCUT2D eigenvalue weighted by atomic mass is 9.98. The first-order valence-electron chi connectivity index (χ1n) is 12.5. The van der Waals surface area contributed by atoms with E-state index >= 15 is 0 Å². The van der Waals surface area contributed by atoms with E-state index < -0.39 is 10.0 Å². The van der Waals surface area contributed by atoms with Crippen molar-refractivity contribution >= 4 is 27.0 Å². The maximum absolute atomic E-state index is 13.5. The molecule has 1 N–H and O–H groups in total. The normalized spacial score (nSPS) is 15.2. The van der Waals surface area contributed by atoms with Crippen molar-refractivity contribution in [3.8, 4) is 17.0 Å². The Labute approximate surface area is 216 Å². The fourth-order valence-electron chi connectivity index (χ4n) is 4.38. The van der Waals surface area contributed by atoms with Gasteiger partial charge in [-0.1, -0.05) is 6.92 Å². The number of ether oxygens (including phenoxy) is 2. The Morgan fingerprint density at radius 3 is 2.51 bits per heavy atom. The minimum Gasteiger partial charge on any atom is -0.481 e. The van der Waals surface area contributed by atoms with Gasteiger partial charge in [-0.3, -0.25) is 9.36 Å². The molecular weight excluding hydrogens is 496 g/mol. The van der Waals surface area contributed by atoms with Crippen LogP contribution in [-0.4, -0.2) is 78.5 Å². The molecule has 3 aromatic rings. The number of hydrogen-bond acceptors (Lipinski definition) is 9. The zero-order valence-corrected chi connectivity index (χ0v) is 22.3. The van der Waals surface area contributed by atoms with Crippen molar-refractivity contribution in [1.82, 2.24) is 23.8 Å². The van der Waals surface area contributed by atoms with Gasteiger partial charge in [-0.2, -0.15) is 0 Å². The lowest BCUT2D eigenvalue weighted by molar-refractivity contribution is 0.127. The molecule has 0 spiro atoms. The largest absolute Gasteiger partial charge is 0.481 e. The quantitative estimate of drug-likeness (QED) is 0.372. The monoisotopic (exact) mass is 530 g/mol. The number of methoxy groups -OCH3 is 1. The predicted molar refractivity (Wildman–Crippen MR) is 142 cm³/mol. The molecule has 4 rings (SSSR count). The lowest BCUT2D eigenvalue weighted by Crippen LogP contribution is -2.39. The Morgan fingerprint density at radius 1 is 1.11 bits per heavy atom. The van der Waals surface area contributed by atoms with Crippen LogP contribution < -0.4 is 15.6 Å². The van der Waals surface area contributed by atoms with Gasteiger partial charge in [0.1, 0.15) is 0 Å². The van der Waals surface area contributed by atoms with Crippen LogP contribution in [0, 0.1) is 5.92 Å². The molecule has 0 aromatic carbocycles. The van der Waals surface area contributed by atoms with Gasteiger partial charge in [0.15, 0.2) is 11.5 Å². The molecule has 0 saturated carbocycles. The molecule has 1 fully saturated rings. The zero-order chi connectivity index (χ0) is 26.4. The Morgan fingerprint density at radius 2 is 1.86 bits per heavy atom. The average Bonchev–Trinajstić information content (AvgIpc) is 2.90. The van der Waals surface area contributed by atoms with Crippen LogP contribution in [0.3, 0.4) is 0 Å². The highest BCUT2D eigenvalue weighted by Gasteiger charge is 2.25. The third-order valence-corrected chi connectivity index (χ3v) is 7.79. The van der Waals surface area contributed by atoms with Crippen LogP contribution in [0.25, 0.3) is 22.3 Å². The van der Waals surface area contributed by atoms with Crippen molar-refractivity contribution in [3.63, 3.8) is 0 Å². The van der Waals surface area contributed by atoms with E-state index in [2.05, 4.69) is 20.3 Å². The minimum atomic E-state index is -3.18. The zero-order valence-electron chi connectivity index (χ0n) is 21.5. The highest BCUT2D eigenvalue weighted by molar-refractivity contribution is 7.88. The van der Waals surface area contributed by atoms with Crippen LogP contribution in [0.15, 0.2) is 35.4 Å². The van der Waals surface area contributed by atoms with Gasteiger partial charge < -0.3 is 14.8 Å². The number of hydrogen-bond donors (Lipinski definition) is 1. The summed E-state index contributed by atoms with van der Waals surface area (Å²) in [5.41, 5.74) is 2.48. The van der Waals surface area contributed by atoms with E-state index in [0.717, 1.165) is 30.4 Å². The first kappa shape index (κ1) is 27.0. The topological polar surface area (TPSA) is 129 Å². The van der Waals surface area contributed by atoms with Crippen molar-refractivity contribution in [2.24, 2.45) is 5.92 Å². The number of sulfonamides is 1. The maximum atomic E-state index is 13.5. The van der Waals surface area contributed by atoms with Gasteiger partial charge in [0, 0.05) is 62.4 Å². The van der Waals surface area contributed by atoms with Gasteiger partial charge in [-0.25, -0.2) is 27.7 Å². The predicted octanol–water partition coefficient (Wildman–Crippen LogP) is 2.37. The molecule has 4 heterocycles. The molecule has 11 nitrogen and oxygen atoms in total. The summed E-state index contributed by atoms with van der Waals surface area (Å²) in [6, 6.07) is 5.56. The lowest BCUT2D eigenvalue weighted by Gasteiger charge is -2.30. The third kappa shape index (κ3) is 6.62. The van der Waals surface area contributed by atoms with E-state index in [1.54, 1.807) is 30.1 Å². The molecule has 37 heavy (non-hydrogen) atoms. The molecule has 3 aromatic heterocycles. The van der Waals surface area contributed by atoms with E-state index in [-0.39, 0.29) is 17.3 Å². The Hall–Kier alpha value is -3.09. The Kier molecular flexibility index (Phi) is 8.72. The molecule has 200 valence electrons. The summed E-state index contributed by atoms with van der Waals surface area (Å²) < 4.78 is 37.5. The van der Waals surface area contributed by atoms with Crippen LogP contribution in [0.1, 0.15) is 26.2 Å². The minimum absolute atomic E-state index is 0.236. The van der Waals surface area contributed by atoms with E-state index in [0.29, 0.717) is 56.4 Å². The number of aromatic nitrogens is 4. The Balaban J connectivity index is 1.59. The molecular formula is C25H34N6O5S. The van der Waals surface area contributed by atoms with E-state index in [1.165, 1.54) is 10.6 Å². The van der Waals surface area contributed by atoms with E-state index in [1.807, 2.05) is 19.1 Å². The number of anilines is 1. The van der Waals surface area contributed by atoms with Crippen molar-refractivity contribution < 1.29 is 17.9 Å². The molecule has 0 aliphatic carbocycles. The van der Waals surface area contributed by atoms with Crippen molar-refractivity contribution in [1.29, 1.82) is 0 Å². The summed E-state index contributed by atoms with van der Waals surface area (Å²) in [4.78, 5) is 26.8. The molecule has 1 aliphatic heterocycles. The number of fused-ring (bicyclic) bond motifs is 1. The fourth-order valence-corrected chi connectivity index (χ4v) is 5.25. The standard InChI is InChI=1S/C25H34N6O5S/c1-4-12-36-13-11-31-21-14-20(19-5-6-22(35-2)26-16-19)17-28-23(21)29-24(25(31)32)27-15-18-7-9-30(10-8-18)37(3,33)34/h5-6,14,16-18H,4,7-13,15H2,1-3H3,(H,27,28,29). The molecule has 0 radical (unpaired) electrons. The number of pyridine rings is 2. The fraction of sp³-hybridized carbons (Fsp3) is 0.520. The maximum Gasteiger partial charge on any atom is 0.293 e. The smallest absolute Gasteiger partial charge is 0.293 e. The third-order valence-electron chi connectivity index (χ3n) is 6.49. The van der Waals surface area contributed by atoms with Crippen LogP contribution in [0.4, 0.5) is 5.82 Å². The first-order valence-corrected chi connectivity index (χ1v) is 14.3. The molecule has 12 heteroatoms. The SMILES string of the molecule is CCCOCCn1c(=O)c(NCC2CCN(S(C)(=O)=O)CC2)nc2ncc(-c3ccc(OC)nc3)cc21. The summed E-state index contributed by atoms with van der Waals surface area (Å²) in [5.74, 6) is 0.996. The number of nitrogens with zero attached hydrogens (tertiary/aromatic N) is 5. The van der Waals surface area contributed by atoms with Gasteiger partial charge in [-0.15, -0.1) is 0 Å². The summed E-state index contributed by atoms with van der Waals surface area (Å²) in [5, 5.41) is 3.21. The summed E-state index contributed by atoms with van der Waals surface area (Å²) in [6.45, 7) is 4.93. The summed E-state index contributed by atoms with van der Waals surface area (Å²) in [6.07, 6.45) is 7.00. The average molecular weight is 531 g/mol. The Bertz CT molecular complexity index is 1370. The molecule has 0 bridgehead atoms. The molecule has 1 saturated heterocycles. The molecule has 0 atom stereocenters. The second-order valence-corrected chi connectivity index (χ2v) is 11.2. The highest BCUT2D eigenvalue weighted by Crippen LogP contribution is 2.24. The summed E-state index contributed by atoms with van der Waals surface area (Å²) >= 11 is 0. The van der Waals surface area contributed by atoms with E-state index in [9.17, 15) is 13.2 Å². The van der Waals surface area contributed by atoms with Crippen LogP contribution in [-0.2, 0) is 21.3 Å². The van der Waals surface area contributed by atoms with Gasteiger partial charge in [0.05, 0.1) is 25.5 Å². The van der Waals surface area contributed by atoms with Crippen LogP contribution >= 0.6 is 0 Å². The first-order chi connectivity index (χ1) is 17.8. The second kappa shape index (κ2) is 12.0. The van der Waals surface area contributed by atoms with Crippen molar-refractivity contribution in [2.75, 3.05) is 51.5 Å². The van der Waals surface area contributed by atoms with E-state index in [4.69, 9.17) is 9.47 Å². The van der Waals surface area contributed by atoms with Crippen molar-refractivity contribution in [2.45, 2.75) is 32.7 Å². The van der Waals surface area contributed by atoms with Crippen LogP contribution in [0.5, 0.6) is 5.88 Å². The molecule has 1 aliphatic rings. The van der Waals surface area contributed by atoms with Gasteiger partial charge in [0.25, 0.3) is 5.56 Å². The van der Waals surface area contributed by atoms with Gasteiger partial charge >= 0.3 is 0 Å². The van der Waals surface area contributed by atoms with Crippen molar-refractivity contribution in [3.05, 3.63) is 40.9 Å². The number of piperidine rings is 1. The number of nitrogens with one attached hydrogen (secondary N) is 1. The van der Waals surface area contributed by atoms with Crippen LogP contribution in [0.2, 0.25) is 0 Å². The van der Waals surface area contributed by atoms with Gasteiger partial charge in [-0.05, 0) is 37.3 Å². The molecule has 0 unspecified atom stereocenters. The highest BCUT2D eigenvalue weighted by atomic mass is 32.2. The summed E-state index contributed by atoms with van der Waals surface area (Å²) in [7, 11) is -1.61.